The van der Waals surface area contributed by atoms with Crippen LogP contribution >= 0.6 is 0 Å². The minimum Gasteiger partial charge on any atom is -0.367 e. The van der Waals surface area contributed by atoms with Crippen molar-refractivity contribution in [3.8, 4) is 6.07 Å². The molecule has 0 aromatic heterocycles. The highest BCUT2D eigenvalue weighted by Crippen LogP contribution is 2.16. The summed E-state index contributed by atoms with van der Waals surface area (Å²) in [5.74, 6) is -0.211. The standard InChI is InChI=1S/C19H17F3N2O2/c1-24(11-15-4-2-14(10-23)3-5-15)18(25)17-8-6-16(7-9-17)12-26-13-19(20,21)22/h2-9H,11-13H2,1H3. The molecule has 0 fully saturated rings. The molecule has 1 amide bonds. The van der Waals surface area contributed by atoms with Crippen LogP contribution < -0.4 is 0 Å². The zero-order valence-corrected chi connectivity index (χ0v) is 14.1. The monoisotopic (exact) mass is 362 g/mol. The van der Waals surface area contributed by atoms with Crippen molar-refractivity contribution in [3.05, 3.63) is 70.8 Å². The highest BCUT2D eigenvalue weighted by molar-refractivity contribution is 5.94. The van der Waals surface area contributed by atoms with Gasteiger partial charge in [-0.05, 0) is 35.4 Å². The van der Waals surface area contributed by atoms with E-state index in [0.29, 0.717) is 23.2 Å². The van der Waals surface area contributed by atoms with E-state index in [9.17, 15) is 18.0 Å². The summed E-state index contributed by atoms with van der Waals surface area (Å²) in [6.45, 7) is -1.10. The molecular formula is C19H17F3N2O2. The van der Waals surface area contributed by atoms with Crippen LogP contribution in [-0.2, 0) is 17.9 Å². The molecule has 4 nitrogen and oxygen atoms in total. The first-order chi connectivity index (χ1) is 12.3. The number of hydrogen-bond acceptors (Lipinski definition) is 3. The zero-order valence-electron chi connectivity index (χ0n) is 14.1. The molecule has 0 radical (unpaired) electrons. The van der Waals surface area contributed by atoms with Gasteiger partial charge in [-0.25, -0.2) is 0 Å². The maximum absolute atomic E-state index is 12.4. The van der Waals surface area contributed by atoms with E-state index in [-0.39, 0.29) is 12.5 Å². The lowest BCUT2D eigenvalue weighted by atomic mass is 10.1. The fourth-order valence-electron chi connectivity index (χ4n) is 2.28. The van der Waals surface area contributed by atoms with Gasteiger partial charge >= 0.3 is 6.18 Å². The molecule has 2 aromatic rings. The predicted molar refractivity (Wildman–Crippen MR) is 89.1 cm³/mol. The van der Waals surface area contributed by atoms with Crippen molar-refractivity contribution in [1.82, 2.24) is 4.90 Å². The number of ether oxygens (including phenoxy) is 1. The fourth-order valence-corrected chi connectivity index (χ4v) is 2.28. The van der Waals surface area contributed by atoms with Gasteiger partial charge in [0.25, 0.3) is 5.91 Å². The Kier molecular flexibility index (Phi) is 6.36. The Bertz CT molecular complexity index is 778. The lowest BCUT2D eigenvalue weighted by molar-refractivity contribution is -0.176. The summed E-state index contributed by atoms with van der Waals surface area (Å²) >= 11 is 0. The molecule has 0 aliphatic rings. The summed E-state index contributed by atoms with van der Waals surface area (Å²) < 4.78 is 40.7. The second kappa shape index (κ2) is 8.50. The smallest absolute Gasteiger partial charge is 0.367 e. The highest BCUT2D eigenvalue weighted by atomic mass is 19.4. The molecular weight excluding hydrogens is 345 g/mol. The van der Waals surface area contributed by atoms with Crippen LogP contribution in [0, 0.1) is 11.3 Å². The first kappa shape index (κ1) is 19.5. The maximum Gasteiger partial charge on any atom is 0.411 e. The quantitative estimate of drug-likeness (QED) is 0.783. The summed E-state index contributed by atoms with van der Waals surface area (Å²) in [4.78, 5) is 13.9. The third-order valence-electron chi connectivity index (χ3n) is 3.58. The van der Waals surface area contributed by atoms with E-state index in [1.54, 1.807) is 55.6 Å². The van der Waals surface area contributed by atoms with E-state index in [1.165, 1.54) is 4.90 Å². The summed E-state index contributed by atoms with van der Waals surface area (Å²) in [5.41, 5.74) is 2.42. The number of benzene rings is 2. The van der Waals surface area contributed by atoms with Crippen LogP contribution in [0.25, 0.3) is 0 Å². The summed E-state index contributed by atoms with van der Waals surface area (Å²) in [5, 5.41) is 8.78. The average Bonchev–Trinajstić information content (AvgIpc) is 2.61. The number of alkyl halides is 3. The molecule has 0 spiro atoms. The zero-order chi connectivity index (χ0) is 19.2. The van der Waals surface area contributed by atoms with Crippen molar-refractivity contribution in [3.63, 3.8) is 0 Å². The van der Waals surface area contributed by atoms with Gasteiger partial charge in [-0.2, -0.15) is 18.4 Å². The Hall–Kier alpha value is -2.85. The topological polar surface area (TPSA) is 53.3 Å². The van der Waals surface area contributed by atoms with E-state index in [4.69, 9.17) is 5.26 Å². The SMILES string of the molecule is CN(Cc1ccc(C#N)cc1)C(=O)c1ccc(COCC(F)(F)F)cc1. The minimum absolute atomic E-state index is 0.172. The molecule has 7 heteroatoms. The highest BCUT2D eigenvalue weighted by Gasteiger charge is 2.27. The fraction of sp³-hybridized carbons (Fsp3) is 0.263. The van der Waals surface area contributed by atoms with Crippen LogP contribution in [0.1, 0.15) is 27.0 Å². The third-order valence-corrected chi connectivity index (χ3v) is 3.58. The van der Waals surface area contributed by atoms with E-state index in [2.05, 4.69) is 4.74 Å². The molecule has 26 heavy (non-hydrogen) atoms. The largest absolute Gasteiger partial charge is 0.411 e. The molecule has 0 bridgehead atoms. The van der Waals surface area contributed by atoms with Gasteiger partial charge in [-0.1, -0.05) is 24.3 Å². The van der Waals surface area contributed by atoms with E-state index in [1.807, 2.05) is 6.07 Å². The van der Waals surface area contributed by atoms with Crippen molar-refractivity contribution in [2.24, 2.45) is 0 Å². The van der Waals surface area contributed by atoms with Crippen LogP contribution in [0.15, 0.2) is 48.5 Å². The molecule has 0 heterocycles. The Labute approximate surface area is 149 Å². The molecule has 0 saturated heterocycles. The van der Waals surface area contributed by atoms with Crippen molar-refractivity contribution >= 4 is 5.91 Å². The number of carbonyl (C=O) groups excluding carboxylic acids is 1. The first-order valence-electron chi connectivity index (χ1n) is 7.76. The second-order valence-corrected chi connectivity index (χ2v) is 5.77. The predicted octanol–water partition coefficient (Wildman–Crippen LogP) is 3.91. The number of halogens is 3. The summed E-state index contributed by atoms with van der Waals surface area (Å²) in [7, 11) is 1.65. The van der Waals surface area contributed by atoms with Crippen LogP contribution in [0.5, 0.6) is 0 Å². The van der Waals surface area contributed by atoms with Gasteiger partial charge in [0.2, 0.25) is 0 Å². The van der Waals surface area contributed by atoms with Gasteiger partial charge in [-0.15, -0.1) is 0 Å². The average molecular weight is 362 g/mol. The molecule has 0 saturated carbocycles. The second-order valence-electron chi connectivity index (χ2n) is 5.77. The Morgan fingerprint density at radius 1 is 1.08 bits per heavy atom. The van der Waals surface area contributed by atoms with Crippen LogP contribution in [0.3, 0.4) is 0 Å². The molecule has 0 unspecified atom stereocenters. The number of rotatable bonds is 6. The number of nitriles is 1. The van der Waals surface area contributed by atoms with Gasteiger partial charge in [0.1, 0.15) is 6.61 Å². The van der Waals surface area contributed by atoms with Crippen molar-refractivity contribution < 1.29 is 22.7 Å². The van der Waals surface area contributed by atoms with Gasteiger partial charge in [0.15, 0.2) is 0 Å². The van der Waals surface area contributed by atoms with Crippen molar-refractivity contribution in [2.45, 2.75) is 19.3 Å². The van der Waals surface area contributed by atoms with Gasteiger partial charge < -0.3 is 9.64 Å². The Balaban J connectivity index is 1.92. The van der Waals surface area contributed by atoms with Gasteiger partial charge in [-0.3, -0.25) is 4.79 Å². The maximum atomic E-state index is 12.4. The summed E-state index contributed by atoms with van der Waals surface area (Å²) in [6, 6.07) is 15.2. The molecule has 0 aliphatic heterocycles. The molecule has 2 aromatic carbocycles. The number of nitrogens with zero attached hydrogens (tertiary/aromatic N) is 2. The molecule has 2 rings (SSSR count). The Morgan fingerprint density at radius 3 is 2.19 bits per heavy atom. The van der Waals surface area contributed by atoms with Crippen LogP contribution in [-0.4, -0.2) is 30.6 Å². The molecule has 0 atom stereocenters. The van der Waals surface area contributed by atoms with Crippen molar-refractivity contribution in [1.29, 1.82) is 5.26 Å². The lowest BCUT2D eigenvalue weighted by Gasteiger charge is -2.17. The molecule has 0 aliphatic carbocycles. The minimum atomic E-state index is -4.36. The van der Waals surface area contributed by atoms with Gasteiger partial charge in [0.05, 0.1) is 18.2 Å². The molecule has 136 valence electrons. The molecule has 0 N–H and O–H groups in total. The van der Waals surface area contributed by atoms with E-state index >= 15 is 0 Å². The van der Waals surface area contributed by atoms with E-state index in [0.717, 1.165) is 5.56 Å². The van der Waals surface area contributed by atoms with E-state index < -0.39 is 12.8 Å². The lowest BCUT2D eigenvalue weighted by Crippen LogP contribution is -2.26. The Morgan fingerprint density at radius 2 is 1.65 bits per heavy atom. The third kappa shape index (κ3) is 5.90. The van der Waals surface area contributed by atoms with Crippen LogP contribution in [0.4, 0.5) is 13.2 Å². The van der Waals surface area contributed by atoms with Crippen molar-refractivity contribution in [2.75, 3.05) is 13.7 Å². The summed E-state index contributed by atoms with van der Waals surface area (Å²) in [6.07, 6.45) is -4.36. The van der Waals surface area contributed by atoms with Gasteiger partial charge in [0, 0.05) is 19.2 Å². The number of hydrogen-bond donors (Lipinski definition) is 0. The number of carbonyl (C=O) groups is 1. The first-order valence-corrected chi connectivity index (χ1v) is 7.76. The van der Waals surface area contributed by atoms with Crippen LogP contribution in [0.2, 0.25) is 0 Å². The normalized spacial score (nSPS) is 11.0. The number of amides is 1.